The van der Waals surface area contributed by atoms with Gasteiger partial charge in [0.15, 0.2) is 5.82 Å². The molecule has 0 radical (unpaired) electrons. The van der Waals surface area contributed by atoms with E-state index in [9.17, 15) is 21.6 Å². The summed E-state index contributed by atoms with van der Waals surface area (Å²) in [5.41, 5.74) is -0.322. The first kappa shape index (κ1) is 20.5. The normalized spacial score (nSPS) is 18.1. The summed E-state index contributed by atoms with van der Waals surface area (Å²) in [5.74, 6) is 1.14. The molecule has 6 nitrogen and oxygen atoms in total. The zero-order valence-electron chi connectivity index (χ0n) is 16.0. The average Bonchev–Trinajstić information content (AvgIpc) is 3.35. The topological polar surface area (TPSA) is 68.1 Å². The molecule has 1 fully saturated rings. The summed E-state index contributed by atoms with van der Waals surface area (Å²) in [5, 5.41) is 4.51. The molecule has 10 heteroatoms. The second-order valence-electron chi connectivity index (χ2n) is 7.09. The molecule has 1 aliphatic rings. The summed E-state index contributed by atoms with van der Waals surface area (Å²) < 4.78 is 68.6. The van der Waals surface area contributed by atoms with Crippen molar-refractivity contribution >= 4 is 10.0 Å². The molecule has 0 N–H and O–H groups in total. The van der Waals surface area contributed by atoms with Crippen molar-refractivity contribution in [2.45, 2.75) is 30.5 Å². The van der Waals surface area contributed by atoms with Crippen molar-refractivity contribution in [1.82, 2.24) is 19.1 Å². The Morgan fingerprint density at radius 3 is 2.40 bits per heavy atom. The monoisotopic (exact) mass is 436 g/mol. The Morgan fingerprint density at radius 2 is 1.70 bits per heavy atom. The van der Waals surface area contributed by atoms with Gasteiger partial charge in [0.2, 0.25) is 10.0 Å². The number of alkyl halides is 3. The molecule has 1 aliphatic heterocycles. The second kappa shape index (κ2) is 7.51. The smallest absolute Gasteiger partial charge is 0.245 e. The molecule has 1 unspecified atom stereocenters. The van der Waals surface area contributed by atoms with Crippen molar-refractivity contribution in [2.24, 2.45) is 0 Å². The van der Waals surface area contributed by atoms with E-state index in [0.29, 0.717) is 18.1 Å². The molecule has 0 spiro atoms. The molecule has 158 valence electrons. The molecule has 1 aromatic heterocycles. The molecule has 0 aliphatic carbocycles. The number of benzene rings is 2. The van der Waals surface area contributed by atoms with E-state index < -0.39 is 26.7 Å². The van der Waals surface area contributed by atoms with Crippen molar-refractivity contribution < 1.29 is 21.6 Å². The van der Waals surface area contributed by atoms with Crippen LogP contribution in [0.3, 0.4) is 0 Å². The van der Waals surface area contributed by atoms with E-state index in [0.717, 1.165) is 22.0 Å². The van der Waals surface area contributed by atoms with Gasteiger partial charge < -0.3 is 0 Å². The van der Waals surface area contributed by atoms with E-state index >= 15 is 0 Å². The van der Waals surface area contributed by atoms with Crippen LogP contribution in [0.15, 0.2) is 59.5 Å². The van der Waals surface area contributed by atoms with Crippen LogP contribution >= 0.6 is 0 Å². The molecular weight excluding hydrogens is 417 g/mol. The molecule has 30 heavy (non-hydrogen) atoms. The molecule has 2 heterocycles. The third-order valence-corrected chi connectivity index (χ3v) is 7.04. The summed E-state index contributed by atoms with van der Waals surface area (Å²) in [4.78, 5) is 3.73. The van der Waals surface area contributed by atoms with Gasteiger partial charge in [-0.2, -0.15) is 22.6 Å². The Bertz CT molecular complexity index is 1160. The minimum absolute atomic E-state index is 0.0347. The second-order valence-corrected chi connectivity index (χ2v) is 9.00. The number of nitrogens with zero attached hydrogens (tertiary/aromatic N) is 4. The van der Waals surface area contributed by atoms with E-state index in [-0.39, 0.29) is 19.1 Å². The third-order valence-electron chi connectivity index (χ3n) is 5.12. The van der Waals surface area contributed by atoms with Gasteiger partial charge in [-0.25, -0.2) is 18.1 Å². The maximum Gasteiger partial charge on any atom is 0.417 e. The van der Waals surface area contributed by atoms with E-state index in [1.165, 1.54) is 12.1 Å². The Hall–Kier alpha value is -2.72. The lowest BCUT2D eigenvalue weighted by molar-refractivity contribution is -0.139. The van der Waals surface area contributed by atoms with Gasteiger partial charge in [0.1, 0.15) is 5.82 Å². The van der Waals surface area contributed by atoms with Crippen molar-refractivity contribution in [2.75, 3.05) is 13.1 Å². The maximum atomic E-state index is 13.3. The van der Waals surface area contributed by atoms with E-state index in [4.69, 9.17) is 0 Å². The molecular formula is C20H19F3N4O2S. The van der Waals surface area contributed by atoms with Crippen LogP contribution in [-0.4, -0.2) is 40.6 Å². The Morgan fingerprint density at radius 1 is 1.03 bits per heavy atom. The summed E-state index contributed by atoms with van der Waals surface area (Å²) in [6.07, 6.45) is -4.32. The fourth-order valence-corrected chi connectivity index (χ4v) is 5.35. The SMILES string of the molecule is Cc1nc(-c2ccccc2)nn1C1CCN(S(=O)(=O)c2ccccc2C(F)(F)F)C1. The first-order valence-corrected chi connectivity index (χ1v) is 10.8. The van der Waals surface area contributed by atoms with Crippen molar-refractivity contribution in [3.05, 3.63) is 66.0 Å². The predicted molar refractivity (Wildman–Crippen MR) is 104 cm³/mol. The molecule has 1 saturated heterocycles. The van der Waals surface area contributed by atoms with Crippen LogP contribution in [-0.2, 0) is 16.2 Å². The summed E-state index contributed by atoms with van der Waals surface area (Å²) in [6, 6.07) is 13.3. The fraction of sp³-hybridized carbons (Fsp3) is 0.300. The van der Waals surface area contributed by atoms with Crippen LogP contribution in [0, 0.1) is 6.92 Å². The van der Waals surface area contributed by atoms with Gasteiger partial charge in [-0.15, -0.1) is 0 Å². The van der Waals surface area contributed by atoms with Crippen molar-refractivity contribution in [3.8, 4) is 11.4 Å². The van der Waals surface area contributed by atoms with Gasteiger partial charge in [-0.05, 0) is 25.5 Å². The summed E-state index contributed by atoms with van der Waals surface area (Å²) in [7, 11) is -4.30. The van der Waals surface area contributed by atoms with E-state index in [1.54, 1.807) is 11.6 Å². The fourth-order valence-electron chi connectivity index (χ4n) is 3.65. The first-order chi connectivity index (χ1) is 14.2. The molecule has 0 saturated carbocycles. The maximum absolute atomic E-state index is 13.3. The van der Waals surface area contributed by atoms with Gasteiger partial charge in [0, 0.05) is 18.7 Å². The minimum atomic E-state index is -4.75. The Kier molecular flexibility index (Phi) is 5.15. The molecule has 0 bridgehead atoms. The summed E-state index contributed by atoms with van der Waals surface area (Å²) >= 11 is 0. The number of sulfonamides is 1. The standard InChI is InChI=1S/C20H19F3N4O2S/c1-14-24-19(15-7-3-2-4-8-15)25-27(14)16-11-12-26(13-16)30(28,29)18-10-6-5-9-17(18)20(21,22)23/h2-10,16H,11-13H2,1H3. The number of hydrogen-bond donors (Lipinski definition) is 0. The largest absolute Gasteiger partial charge is 0.417 e. The Labute approximate surface area is 172 Å². The third kappa shape index (κ3) is 3.72. The highest BCUT2D eigenvalue weighted by Crippen LogP contribution is 2.37. The van der Waals surface area contributed by atoms with Crippen LogP contribution in [0.1, 0.15) is 23.9 Å². The molecule has 1 atom stereocenters. The number of aromatic nitrogens is 3. The average molecular weight is 436 g/mol. The minimum Gasteiger partial charge on any atom is -0.245 e. The highest BCUT2D eigenvalue weighted by molar-refractivity contribution is 7.89. The Balaban J connectivity index is 1.61. The molecule has 2 aromatic carbocycles. The highest BCUT2D eigenvalue weighted by Gasteiger charge is 2.41. The zero-order chi connectivity index (χ0) is 21.5. The molecule has 4 rings (SSSR count). The predicted octanol–water partition coefficient (Wildman–Crippen LogP) is 3.91. The van der Waals surface area contributed by atoms with Crippen molar-refractivity contribution in [3.63, 3.8) is 0 Å². The van der Waals surface area contributed by atoms with Gasteiger partial charge in [-0.3, -0.25) is 0 Å². The lowest BCUT2D eigenvalue weighted by atomic mass is 10.2. The van der Waals surface area contributed by atoms with Crippen LogP contribution in [0.25, 0.3) is 11.4 Å². The number of aryl methyl sites for hydroxylation is 1. The van der Waals surface area contributed by atoms with Gasteiger partial charge >= 0.3 is 6.18 Å². The van der Waals surface area contributed by atoms with Crippen LogP contribution in [0.5, 0.6) is 0 Å². The van der Waals surface area contributed by atoms with E-state index in [2.05, 4.69) is 10.1 Å². The van der Waals surface area contributed by atoms with Gasteiger partial charge in [0.25, 0.3) is 0 Å². The highest BCUT2D eigenvalue weighted by atomic mass is 32.2. The van der Waals surface area contributed by atoms with Crippen LogP contribution in [0.2, 0.25) is 0 Å². The first-order valence-electron chi connectivity index (χ1n) is 9.33. The summed E-state index contributed by atoms with van der Waals surface area (Å²) in [6.45, 7) is 1.92. The lowest BCUT2D eigenvalue weighted by Gasteiger charge is -2.20. The molecule has 3 aromatic rings. The number of rotatable bonds is 4. The van der Waals surface area contributed by atoms with Crippen molar-refractivity contribution in [1.29, 1.82) is 0 Å². The molecule has 0 amide bonds. The zero-order valence-corrected chi connectivity index (χ0v) is 16.9. The van der Waals surface area contributed by atoms with Crippen LogP contribution in [0.4, 0.5) is 13.2 Å². The number of halogens is 3. The van der Waals surface area contributed by atoms with Crippen LogP contribution < -0.4 is 0 Å². The quantitative estimate of drug-likeness (QED) is 0.622. The lowest BCUT2D eigenvalue weighted by Crippen LogP contribution is -2.31. The number of hydrogen-bond acceptors (Lipinski definition) is 4. The van der Waals surface area contributed by atoms with E-state index in [1.807, 2.05) is 30.3 Å². The van der Waals surface area contributed by atoms with Gasteiger partial charge in [0.05, 0.1) is 16.5 Å². The van der Waals surface area contributed by atoms with Gasteiger partial charge in [-0.1, -0.05) is 42.5 Å².